The van der Waals surface area contributed by atoms with E-state index in [1.807, 2.05) is 24.3 Å². The molecule has 0 aliphatic rings. The first-order chi connectivity index (χ1) is 4.43. The molecule has 0 amide bonds. The Hall–Kier alpha value is 0.337. The van der Waals surface area contributed by atoms with E-state index in [1.54, 1.807) is 0 Å². The van der Waals surface area contributed by atoms with Gasteiger partial charge in [0.2, 0.25) is 0 Å². The van der Waals surface area contributed by atoms with Gasteiger partial charge in [0, 0.05) is 41.7 Å². The summed E-state index contributed by atoms with van der Waals surface area (Å²) in [5, 5.41) is 0. The molecule has 0 bridgehead atoms. The third kappa shape index (κ3) is 3.49. The second-order valence-corrected chi connectivity index (χ2v) is 1.98. The molecule has 1 aromatic carbocycles. The third-order valence-corrected chi connectivity index (χ3v) is 1.22. The Balaban J connectivity index is 0.000000810. The van der Waals surface area contributed by atoms with Crippen LogP contribution in [0.3, 0.4) is 0 Å². The molecule has 0 aliphatic carbocycles. The van der Waals surface area contributed by atoms with Crippen molar-refractivity contribution in [2.75, 3.05) is 0 Å². The van der Waals surface area contributed by atoms with Crippen molar-refractivity contribution in [3.63, 3.8) is 0 Å². The van der Waals surface area contributed by atoms with Crippen molar-refractivity contribution in [3.8, 4) is 0 Å². The first kappa shape index (κ1) is 10.3. The van der Waals surface area contributed by atoms with Gasteiger partial charge in [-0.25, -0.2) is 0 Å². The standard InChI is InChI=1S/C9H10.Ce/c1-2-6-9-7-4-3-5-8-9;/h2-5,7-8H,1,6H2;. The van der Waals surface area contributed by atoms with Crippen LogP contribution in [0.5, 0.6) is 0 Å². The van der Waals surface area contributed by atoms with E-state index in [4.69, 9.17) is 0 Å². The summed E-state index contributed by atoms with van der Waals surface area (Å²) in [4.78, 5) is 0. The zero-order valence-corrected chi connectivity index (χ0v) is 9.02. The van der Waals surface area contributed by atoms with Gasteiger partial charge in [-0.15, -0.1) is 6.58 Å². The number of hydrogen-bond acceptors (Lipinski definition) is 0. The average Bonchev–Trinajstić information content (AvgIpc) is 1.91. The normalized spacial score (nSPS) is 8.00. The van der Waals surface area contributed by atoms with Gasteiger partial charge in [-0.2, -0.15) is 0 Å². The van der Waals surface area contributed by atoms with Crippen LogP contribution >= 0.6 is 0 Å². The van der Waals surface area contributed by atoms with Gasteiger partial charge in [0.15, 0.2) is 0 Å². The van der Waals surface area contributed by atoms with Crippen LogP contribution in [0, 0.1) is 41.7 Å². The quantitative estimate of drug-likeness (QED) is 0.715. The molecule has 1 aromatic rings. The molecule has 0 nitrogen and oxygen atoms in total. The van der Waals surface area contributed by atoms with Crippen molar-refractivity contribution < 1.29 is 41.7 Å². The van der Waals surface area contributed by atoms with E-state index in [-0.39, 0.29) is 41.7 Å². The van der Waals surface area contributed by atoms with Gasteiger partial charge in [0.1, 0.15) is 0 Å². The van der Waals surface area contributed by atoms with Gasteiger partial charge in [-0.1, -0.05) is 36.4 Å². The summed E-state index contributed by atoms with van der Waals surface area (Å²) in [6.07, 6.45) is 2.89. The molecule has 1 heteroatoms. The Morgan fingerprint density at radius 1 is 1.20 bits per heavy atom. The summed E-state index contributed by atoms with van der Waals surface area (Å²) in [7, 11) is 0. The van der Waals surface area contributed by atoms with Crippen molar-refractivity contribution in [2.45, 2.75) is 6.42 Å². The Kier molecular flexibility index (Phi) is 6.28. The van der Waals surface area contributed by atoms with E-state index in [0.717, 1.165) is 6.42 Å². The Morgan fingerprint density at radius 3 is 2.30 bits per heavy atom. The molecular weight excluding hydrogens is 248 g/mol. The van der Waals surface area contributed by atoms with Crippen LogP contribution in [-0.2, 0) is 6.42 Å². The monoisotopic (exact) mass is 258 g/mol. The Bertz CT molecular complexity index is 179. The molecule has 0 spiro atoms. The molecule has 0 heterocycles. The molecule has 0 unspecified atom stereocenters. The van der Waals surface area contributed by atoms with Crippen molar-refractivity contribution in [2.24, 2.45) is 0 Å². The molecule has 0 fully saturated rings. The molecule has 50 valence electrons. The van der Waals surface area contributed by atoms with E-state index in [1.165, 1.54) is 5.56 Å². The Labute approximate surface area is 95.7 Å². The van der Waals surface area contributed by atoms with E-state index < -0.39 is 0 Å². The number of allylic oxidation sites excluding steroid dienone is 1. The summed E-state index contributed by atoms with van der Waals surface area (Å²) in [5.41, 5.74) is 1.33. The van der Waals surface area contributed by atoms with Crippen molar-refractivity contribution in [1.82, 2.24) is 0 Å². The van der Waals surface area contributed by atoms with Crippen LogP contribution in [0.1, 0.15) is 5.56 Å². The van der Waals surface area contributed by atoms with Gasteiger partial charge in [-0.3, -0.25) is 0 Å². The van der Waals surface area contributed by atoms with E-state index >= 15 is 0 Å². The minimum atomic E-state index is 0. The molecule has 0 N–H and O–H groups in total. The molecule has 0 aromatic heterocycles. The maximum absolute atomic E-state index is 3.66. The van der Waals surface area contributed by atoms with E-state index in [0.29, 0.717) is 0 Å². The largest absolute Gasteiger partial charge is 0.103 e. The van der Waals surface area contributed by atoms with Gasteiger partial charge >= 0.3 is 0 Å². The first-order valence-corrected chi connectivity index (χ1v) is 3.08. The molecule has 0 aliphatic heterocycles. The van der Waals surface area contributed by atoms with Crippen LogP contribution in [0.15, 0.2) is 43.0 Å². The van der Waals surface area contributed by atoms with Gasteiger partial charge in [0.25, 0.3) is 0 Å². The second kappa shape index (κ2) is 6.07. The summed E-state index contributed by atoms with van der Waals surface area (Å²) >= 11 is 0. The molecule has 0 saturated carbocycles. The van der Waals surface area contributed by atoms with Crippen LogP contribution < -0.4 is 0 Å². The molecule has 1 rings (SSSR count). The van der Waals surface area contributed by atoms with Gasteiger partial charge in [0.05, 0.1) is 0 Å². The maximum atomic E-state index is 3.66. The first-order valence-electron chi connectivity index (χ1n) is 3.08. The zero-order chi connectivity index (χ0) is 6.53. The number of rotatable bonds is 2. The SMILES string of the molecule is C=CCc1ccccc1.[Ce]. The summed E-state index contributed by atoms with van der Waals surface area (Å²) in [6.45, 7) is 3.66. The minimum absolute atomic E-state index is 0. The van der Waals surface area contributed by atoms with Crippen LogP contribution in [0.25, 0.3) is 0 Å². The number of benzene rings is 1. The third-order valence-electron chi connectivity index (χ3n) is 1.22. The fourth-order valence-electron chi connectivity index (χ4n) is 0.781. The van der Waals surface area contributed by atoms with Gasteiger partial charge < -0.3 is 0 Å². The Morgan fingerprint density at radius 2 is 1.80 bits per heavy atom. The molecular formula is C9H10Ce. The molecule has 0 radical (unpaired) electrons. The van der Waals surface area contributed by atoms with Crippen LogP contribution in [-0.4, -0.2) is 0 Å². The minimum Gasteiger partial charge on any atom is -0.103 e. The average molecular weight is 258 g/mol. The molecule has 10 heavy (non-hydrogen) atoms. The van der Waals surface area contributed by atoms with E-state index in [2.05, 4.69) is 18.7 Å². The topological polar surface area (TPSA) is 0 Å². The van der Waals surface area contributed by atoms with Crippen LogP contribution in [0.4, 0.5) is 0 Å². The van der Waals surface area contributed by atoms with Crippen LogP contribution in [0.2, 0.25) is 0 Å². The van der Waals surface area contributed by atoms with Gasteiger partial charge in [-0.05, 0) is 12.0 Å². The molecule has 0 saturated heterocycles. The predicted octanol–water partition coefficient (Wildman–Crippen LogP) is 2.42. The second-order valence-electron chi connectivity index (χ2n) is 1.98. The maximum Gasteiger partial charge on any atom is 0 e. The fraction of sp³-hybridized carbons (Fsp3) is 0.111. The van der Waals surface area contributed by atoms with Crippen molar-refractivity contribution >= 4 is 0 Å². The molecule has 0 atom stereocenters. The van der Waals surface area contributed by atoms with Crippen molar-refractivity contribution in [3.05, 3.63) is 48.6 Å². The zero-order valence-electron chi connectivity index (χ0n) is 5.88. The number of hydrogen-bond donors (Lipinski definition) is 0. The summed E-state index contributed by atoms with van der Waals surface area (Å²) < 4.78 is 0. The van der Waals surface area contributed by atoms with Crippen molar-refractivity contribution in [1.29, 1.82) is 0 Å². The van der Waals surface area contributed by atoms with E-state index in [9.17, 15) is 0 Å². The summed E-state index contributed by atoms with van der Waals surface area (Å²) in [6, 6.07) is 10.3. The summed E-state index contributed by atoms with van der Waals surface area (Å²) in [5.74, 6) is 0. The smallest absolute Gasteiger partial charge is 0 e. The predicted molar refractivity (Wildman–Crippen MR) is 40.3 cm³/mol. The fourth-order valence-corrected chi connectivity index (χ4v) is 0.781.